The number of pyridine rings is 1. The minimum absolute atomic E-state index is 0.0734. The third kappa shape index (κ3) is 3.26. The van der Waals surface area contributed by atoms with Gasteiger partial charge in [0.15, 0.2) is 5.65 Å². The number of anilines is 1. The molecule has 0 saturated heterocycles. The minimum atomic E-state index is -0.0734. The Morgan fingerprint density at radius 3 is 2.56 bits per heavy atom. The van der Waals surface area contributed by atoms with Crippen LogP contribution in [0.25, 0.3) is 11.0 Å². The van der Waals surface area contributed by atoms with Crippen molar-refractivity contribution in [3.05, 3.63) is 77.0 Å². The summed E-state index contributed by atoms with van der Waals surface area (Å²) >= 11 is 0. The van der Waals surface area contributed by atoms with Crippen molar-refractivity contribution in [2.45, 2.75) is 26.8 Å². The van der Waals surface area contributed by atoms with Gasteiger partial charge in [0.1, 0.15) is 11.6 Å². The molecule has 0 aliphatic heterocycles. The molecule has 0 fully saturated rings. The predicted molar refractivity (Wildman–Crippen MR) is 107 cm³/mol. The number of nitrogens with zero attached hydrogens (tertiary/aromatic N) is 5. The highest BCUT2D eigenvalue weighted by molar-refractivity contribution is 5.86. The number of fused-ring (bicyclic) bond motifs is 1. The minimum Gasteiger partial charge on any atom is -0.358 e. The summed E-state index contributed by atoms with van der Waals surface area (Å²) in [6.45, 7) is 6.15. The third-order valence-electron chi connectivity index (χ3n) is 4.87. The maximum absolute atomic E-state index is 4.65. The van der Waals surface area contributed by atoms with E-state index in [-0.39, 0.29) is 6.04 Å². The molecule has 4 rings (SSSR count). The Hall–Kier alpha value is -3.28. The first-order chi connectivity index (χ1) is 13.0. The molecular weight excluding hydrogens is 336 g/mol. The first-order valence-corrected chi connectivity index (χ1v) is 8.93. The van der Waals surface area contributed by atoms with E-state index in [1.807, 2.05) is 26.2 Å². The molecule has 27 heavy (non-hydrogen) atoms. The molecule has 0 unspecified atom stereocenters. The van der Waals surface area contributed by atoms with E-state index in [0.717, 1.165) is 22.4 Å². The lowest BCUT2D eigenvalue weighted by atomic mass is 9.96. The molecule has 136 valence electrons. The smallest absolute Gasteiger partial charge is 0.163 e. The topological polar surface area (TPSA) is 68.5 Å². The van der Waals surface area contributed by atoms with E-state index in [2.05, 4.69) is 63.5 Å². The average molecular weight is 358 g/mol. The van der Waals surface area contributed by atoms with E-state index < -0.39 is 0 Å². The van der Waals surface area contributed by atoms with Crippen LogP contribution >= 0.6 is 0 Å². The van der Waals surface area contributed by atoms with Crippen molar-refractivity contribution in [1.82, 2.24) is 24.7 Å². The number of hydrogen-bond donors (Lipinski definition) is 1. The van der Waals surface area contributed by atoms with E-state index >= 15 is 0 Å². The fourth-order valence-electron chi connectivity index (χ4n) is 3.23. The van der Waals surface area contributed by atoms with Crippen LogP contribution in [0.15, 0.2) is 48.9 Å². The molecule has 6 nitrogen and oxygen atoms in total. The van der Waals surface area contributed by atoms with Gasteiger partial charge in [-0.1, -0.05) is 24.3 Å². The van der Waals surface area contributed by atoms with Crippen LogP contribution in [0.1, 0.15) is 34.1 Å². The van der Waals surface area contributed by atoms with Crippen molar-refractivity contribution in [2.75, 3.05) is 5.32 Å². The molecular formula is C21H22N6. The monoisotopic (exact) mass is 358 g/mol. The number of hydrogen-bond acceptors (Lipinski definition) is 5. The van der Waals surface area contributed by atoms with Crippen LogP contribution in [0.5, 0.6) is 0 Å². The van der Waals surface area contributed by atoms with Gasteiger partial charge >= 0.3 is 0 Å². The van der Waals surface area contributed by atoms with Crippen molar-refractivity contribution in [1.29, 1.82) is 0 Å². The van der Waals surface area contributed by atoms with Crippen LogP contribution in [0, 0.1) is 20.8 Å². The Morgan fingerprint density at radius 1 is 0.963 bits per heavy atom. The van der Waals surface area contributed by atoms with Crippen LogP contribution in [-0.4, -0.2) is 24.7 Å². The molecule has 0 amide bonds. The fraction of sp³-hybridized carbons (Fsp3) is 0.238. The number of aryl methyl sites for hydroxylation is 4. The number of rotatable bonds is 4. The normalized spacial score (nSPS) is 12.3. The zero-order valence-corrected chi connectivity index (χ0v) is 15.9. The summed E-state index contributed by atoms with van der Waals surface area (Å²) in [6.07, 6.45) is 5.48. The Kier molecular flexibility index (Phi) is 4.32. The van der Waals surface area contributed by atoms with Gasteiger partial charge in [-0.3, -0.25) is 9.67 Å². The molecule has 0 spiro atoms. The van der Waals surface area contributed by atoms with Crippen LogP contribution in [0.2, 0.25) is 0 Å². The highest BCUT2D eigenvalue weighted by Crippen LogP contribution is 2.30. The third-order valence-corrected chi connectivity index (χ3v) is 4.87. The van der Waals surface area contributed by atoms with Crippen molar-refractivity contribution >= 4 is 16.9 Å². The first kappa shape index (κ1) is 17.1. The lowest BCUT2D eigenvalue weighted by Gasteiger charge is -2.21. The van der Waals surface area contributed by atoms with E-state index in [1.54, 1.807) is 17.1 Å². The molecule has 1 aromatic carbocycles. The van der Waals surface area contributed by atoms with Gasteiger partial charge in [-0.25, -0.2) is 9.97 Å². The average Bonchev–Trinajstić information content (AvgIpc) is 3.04. The van der Waals surface area contributed by atoms with Gasteiger partial charge in [0.2, 0.25) is 0 Å². The molecule has 0 saturated carbocycles. The maximum atomic E-state index is 4.65. The summed E-state index contributed by atoms with van der Waals surface area (Å²) in [6, 6.07) is 10.5. The van der Waals surface area contributed by atoms with Crippen molar-refractivity contribution in [3.8, 4) is 0 Å². The maximum Gasteiger partial charge on any atom is 0.163 e. The zero-order chi connectivity index (χ0) is 19.0. The summed E-state index contributed by atoms with van der Waals surface area (Å²) in [5.41, 5.74) is 5.59. The molecule has 3 heterocycles. The second kappa shape index (κ2) is 6.79. The van der Waals surface area contributed by atoms with Gasteiger partial charge in [0.05, 0.1) is 17.6 Å². The van der Waals surface area contributed by atoms with Crippen molar-refractivity contribution in [2.24, 2.45) is 7.05 Å². The summed E-state index contributed by atoms with van der Waals surface area (Å²) in [7, 11) is 1.89. The van der Waals surface area contributed by atoms with E-state index in [0.29, 0.717) is 5.82 Å². The predicted octanol–water partition coefficient (Wildman–Crippen LogP) is 3.89. The summed E-state index contributed by atoms with van der Waals surface area (Å²) < 4.78 is 1.77. The molecule has 0 aliphatic carbocycles. The quantitative estimate of drug-likeness (QED) is 0.599. The van der Waals surface area contributed by atoms with Gasteiger partial charge in [-0.15, -0.1) is 0 Å². The second-order valence-corrected chi connectivity index (χ2v) is 6.83. The lowest BCUT2D eigenvalue weighted by Crippen LogP contribution is -2.15. The standard InChI is InChI=1S/C21H22N6/c1-13-7-8-16(10-14(13)2)19(17-6-5-9-22-11-17)26-20-18-12-23-27(4)21(18)25-15(3)24-20/h5-12,19H,1-4H3,(H,24,25,26)/t19-/m0/s1. The highest BCUT2D eigenvalue weighted by atomic mass is 15.3. The van der Waals surface area contributed by atoms with E-state index in [9.17, 15) is 0 Å². The van der Waals surface area contributed by atoms with Gasteiger partial charge in [0, 0.05) is 19.4 Å². The van der Waals surface area contributed by atoms with Gasteiger partial charge in [-0.2, -0.15) is 5.10 Å². The van der Waals surface area contributed by atoms with Crippen LogP contribution in [0.4, 0.5) is 5.82 Å². The number of benzene rings is 1. The van der Waals surface area contributed by atoms with Crippen molar-refractivity contribution in [3.63, 3.8) is 0 Å². The van der Waals surface area contributed by atoms with Gasteiger partial charge in [0.25, 0.3) is 0 Å². The molecule has 1 N–H and O–H groups in total. The van der Waals surface area contributed by atoms with Crippen LogP contribution in [-0.2, 0) is 7.05 Å². The largest absolute Gasteiger partial charge is 0.358 e. The Labute approximate surface area is 158 Å². The fourth-order valence-corrected chi connectivity index (χ4v) is 3.23. The molecule has 1 atom stereocenters. The Morgan fingerprint density at radius 2 is 1.81 bits per heavy atom. The molecule has 6 heteroatoms. The van der Waals surface area contributed by atoms with Gasteiger partial charge in [-0.05, 0) is 49.1 Å². The second-order valence-electron chi connectivity index (χ2n) is 6.83. The molecule has 0 radical (unpaired) electrons. The van der Waals surface area contributed by atoms with E-state index in [1.165, 1.54) is 16.7 Å². The van der Waals surface area contributed by atoms with Gasteiger partial charge < -0.3 is 5.32 Å². The Bertz CT molecular complexity index is 1100. The van der Waals surface area contributed by atoms with Crippen molar-refractivity contribution < 1.29 is 0 Å². The molecule has 0 aliphatic rings. The summed E-state index contributed by atoms with van der Waals surface area (Å²) in [5, 5.41) is 8.85. The molecule has 0 bridgehead atoms. The molecule has 4 aromatic rings. The summed E-state index contributed by atoms with van der Waals surface area (Å²) in [5.74, 6) is 1.48. The SMILES string of the molecule is Cc1nc(N[C@H](c2cccnc2)c2ccc(C)c(C)c2)c2cnn(C)c2n1. The van der Waals surface area contributed by atoms with Crippen LogP contribution < -0.4 is 5.32 Å². The molecule has 3 aromatic heterocycles. The first-order valence-electron chi connectivity index (χ1n) is 8.93. The highest BCUT2D eigenvalue weighted by Gasteiger charge is 2.18. The zero-order valence-electron chi connectivity index (χ0n) is 15.9. The van der Waals surface area contributed by atoms with Crippen LogP contribution in [0.3, 0.4) is 0 Å². The number of aromatic nitrogens is 5. The number of nitrogens with one attached hydrogen (secondary N) is 1. The Balaban J connectivity index is 1.84. The van der Waals surface area contributed by atoms with E-state index in [4.69, 9.17) is 0 Å². The lowest BCUT2D eigenvalue weighted by molar-refractivity contribution is 0.782. The summed E-state index contributed by atoms with van der Waals surface area (Å²) in [4.78, 5) is 13.5.